The SMILES string of the molecule is Cc1cc2cc(n1)-c1cnn(C)c1OCCC[C@@H](C)Cn1c(nc3ccc(P4(=O)N(C)CCCN4C)cc31)NC2=O. The molecule has 0 aliphatic carbocycles. The van der Waals surface area contributed by atoms with Crippen molar-refractivity contribution in [1.82, 2.24) is 33.7 Å². The molecule has 1 N–H and O–H groups in total. The summed E-state index contributed by atoms with van der Waals surface area (Å²) in [5.74, 6) is 1.10. The second kappa shape index (κ2) is 10.7. The molecule has 1 fully saturated rings. The van der Waals surface area contributed by atoms with Crippen LogP contribution in [0, 0.1) is 12.8 Å². The van der Waals surface area contributed by atoms with E-state index in [0.29, 0.717) is 41.9 Å². The van der Waals surface area contributed by atoms with E-state index in [1.807, 2.05) is 55.6 Å². The van der Waals surface area contributed by atoms with Crippen LogP contribution in [0.25, 0.3) is 22.3 Å². The Kier molecular flexibility index (Phi) is 7.21. The van der Waals surface area contributed by atoms with Gasteiger partial charge in [0.25, 0.3) is 5.91 Å². The van der Waals surface area contributed by atoms with Gasteiger partial charge in [-0.2, -0.15) is 5.10 Å². The molecule has 2 aliphatic heterocycles. The number of imidazole rings is 1. The van der Waals surface area contributed by atoms with E-state index in [0.717, 1.165) is 54.3 Å². The van der Waals surface area contributed by atoms with Crippen molar-refractivity contribution in [3.8, 4) is 17.1 Å². The number of nitrogens with zero attached hydrogens (tertiary/aromatic N) is 7. The smallest absolute Gasteiger partial charge is 0.258 e. The zero-order valence-electron chi connectivity index (χ0n) is 24.3. The number of hydrogen-bond acceptors (Lipinski definition) is 6. The van der Waals surface area contributed by atoms with Gasteiger partial charge in [-0.3, -0.25) is 19.7 Å². The number of rotatable bonds is 1. The lowest BCUT2D eigenvalue weighted by Crippen LogP contribution is -2.39. The van der Waals surface area contributed by atoms with Gasteiger partial charge in [-0.25, -0.2) is 19.0 Å². The Labute approximate surface area is 240 Å². The standard InChI is InChI=1S/C29H37N8O3P/c1-19-8-6-13-40-28-23(17-30-36(28)5)25-15-21(14-20(2)31-25)27(38)33-29-32-24-10-9-22(16-26(24)37(29)18-19)41(39)34(3)11-7-12-35(41)4/h9-10,14-17,19H,6-8,11-13,18H2,1-5H3,(H,32,33,38)/t19-/m1/s1. The molecule has 11 nitrogen and oxygen atoms in total. The van der Waals surface area contributed by atoms with Gasteiger partial charge in [0.15, 0.2) is 0 Å². The third-order valence-electron chi connectivity index (χ3n) is 8.13. The quantitative estimate of drug-likeness (QED) is 0.334. The normalized spacial score (nSPS) is 20.4. The van der Waals surface area contributed by atoms with Crippen molar-refractivity contribution in [3.63, 3.8) is 0 Å². The van der Waals surface area contributed by atoms with Crippen molar-refractivity contribution >= 4 is 35.6 Å². The first-order chi connectivity index (χ1) is 19.6. The Hall–Kier alpha value is -3.53. The molecule has 0 unspecified atom stereocenters. The largest absolute Gasteiger partial charge is 0.477 e. The maximum absolute atomic E-state index is 14.3. The zero-order chi connectivity index (χ0) is 28.9. The van der Waals surface area contributed by atoms with Crippen molar-refractivity contribution < 1.29 is 14.1 Å². The molecule has 2 aliphatic rings. The van der Waals surface area contributed by atoms with Gasteiger partial charge >= 0.3 is 0 Å². The molecule has 1 saturated heterocycles. The molecule has 3 aromatic heterocycles. The molecule has 6 rings (SSSR count). The average Bonchev–Trinajstić information content (AvgIpc) is 3.47. The lowest BCUT2D eigenvalue weighted by Gasteiger charge is -2.39. The van der Waals surface area contributed by atoms with Crippen LogP contribution in [0.2, 0.25) is 0 Å². The van der Waals surface area contributed by atoms with Crippen LogP contribution >= 0.6 is 7.44 Å². The Balaban J connectivity index is 1.45. The number of pyridine rings is 1. The highest BCUT2D eigenvalue weighted by atomic mass is 31.2. The predicted octanol–water partition coefficient (Wildman–Crippen LogP) is 4.29. The summed E-state index contributed by atoms with van der Waals surface area (Å²) in [7, 11) is 2.78. The number of aromatic nitrogens is 5. The minimum absolute atomic E-state index is 0.271. The number of nitrogens with one attached hydrogen (secondary N) is 1. The Morgan fingerprint density at radius 1 is 1.05 bits per heavy atom. The number of carbonyl (C=O) groups is 1. The Morgan fingerprint density at radius 3 is 2.61 bits per heavy atom. The summed E-state index contributed by atoms with van der Waals surface area (Å²) in [6.45, 7) is 6.81. The fraction of sp³-hybridized carbons (Fsp3) is 0.448. The molecular weight excluding hydrogens is 539 g/mol. The molecule has 4 aromatic rings. The summed E-state index contributed by atoms with van der Waals surface area (Å²) < 4.78 is 28.2. The third-order valence-corrected chi connectivity index (χ3v) is 11.3. The maximum Gasteiger partial charge on any atom is 0.258 e. The van der Waals surface area contributed by atoms with E-state index in [1.165, 1.54) is 0 Å². The fourth-order valence-corrected chi connectivity index (χ4v) is 8.61. The second-order valence-corrected chi connectivity index (χ2v) is 14.3. The Morgan fingerprint density at radius 2 is 1.83 bits per heavy atom. The lowest BCUT2D eigenvalue weighted by molar-refractivity contribution is 0.102. The molecular formula is C29H37N8O3P. The molecule has 1 aromatic carbocycles. The monoisotopic (exact) mass is 576 g/mol. The van der Waals surface area contributed by atoms with Gasteiger partial charge in [0.05, 0.1) is 35.1 Å². The van der Waals surface area contributed by atoms with E-state index in [9.17, 15) is 9.36 Å². The molecule has 0 saturated carbocycles. The van der Waals surface area contributed by atoms with Crippen LogP contribution in [-0.4, -0.2) is 73.4 Å². The number of ether oxygens (including phenoxy) is 1. The molecule has 2 bridgehead atoms. The van der Waals surface area contributed by atoms with Gasteiger partial charge in [-0.1, -0.05) is 6.92 Å². The topological polar surface area (TPSA) is 110 Å². The minimum Gasteiger partial charge on any atom is -0.477 e. The van der Waals surface area contributed by atoms with Crippen LogP contribution in [0.1, 0.15) is 42.2 Å². The first kappa shape index (κ1) is 27.6. The summed E-state index contributed by atoms with van der Waals surface area (Å²) in [4.78, 5) is 23.2. The summed E-state index contributed by atoms with van der Waals surface area (Å²) in [5, 5.41) is 8.23. The van der Waals surface area contributed by atoms with Gasteiger partial charge in [-0.05, 0) is 76.5 Å². The summed E-state index contributed by atoms with van der Waals surface area (Å²) in [6, 6.07) is 9.37. The average molecular weight is 577 g/mol. The highest BCUT2D eigenvalue weighted by Gasteiger charge is 2.38. The van der Waals surface area contributed by atoms with Crippen molar-refractivity contribution in [2.45, 2.75) is 39.7 Å². The zero-order valence-corrected chi connectivity index (χ0v) is 25.2. The van der Waals surface area contributed by atoms with Crippen LogP contribution < -0.4 is 15.4 Å². The first-order valence-corrected chi connectivity index (χ1v) is 15.8. The van der Waals surface area contributed by atoms with Crippen LogP contribution in [-0.2, 0) is 18.2 Å². The van der Waals surface area contributed by atoms with E-state index >= 15 is 0 Å². The number of amides is 1. The van der Waals surface area contributed by atoms with Crippen molar-refractivity contribution in [3.05, 3.63) is 47.8 Å². The summed E-state index contributed by atoms with van der Waals surface area (Å²) in [5.41, 5.74) is 4.17. The molecule has 0 spiro atoms. The predicted molar refractivity (Wildman–Crippen MR) is 160 cm³/mol. The van der Waals surface area contributed by atoms with E-state index < -0.39 is 7.44 Å². The van der Waals surface area contributed by atoms with Crippen molar-refractivity contribution in [1.29, 1.82) is 0 Å². The van der Waals surface area contributed by atoms with Gasteiger partial charge < -0.3 is 9.30 Å². The fourth-order valence-electron chi connectivity index (χ4n) is 5.91. The van der Waals surface area contributed by atoms with E-state index in [2.05, 4.69) is 26.9 Å². The molecule has 1 amide bonds. The molecule has 5 heterocycles. The van der Waals surface area contributed by atoms with Crippen LogP contribution in [0.4, 0.5) is 5.95 Å². The highest BCUT2D eigenvalue weighted by molar-refractivity contribution is 7.67. The molecule has 1 atom stereocenters. The maximum atomic E-state index is 14.3. The summed E-state index contributed by atoms with van der Waals surface area (Å²) >= 11 is 0. The molecule has 0 radical (unpaired) electrons. The van der Waals surface area contributed by atoms with Crippen molar-refractivity contribution in [2.75, 3.05) is 39.1 Å². The number of anilines is 1. The summed E-state index contributed by atoms with van der Waals surface area (Å²) in [6.07, 6.45) is 4.47. The molecule has 41 heavy (non-hydrogen) atoms. The molecule has 216 valence electrons. The second-order valence-electron chi connectivity index (χ2n) is 11.3. The number of aryl methyl sites for hydroxylation is 2. The highest BCUT2D eigenvalue weighted by Crippen LogP contribution is 2.52. The van der Waals surface area contributed by atoms with Crippen LogP contribution in [0.5, 0.6) is 5.88 Å². The third kappa shape index (κ3) is 4.96. The van der Waals surface area contributed by atoms with Gasteiger partial charge in [0.1, 0.15) is 0 Å². The molecule has 12 heteroatoms. The van der Waals surface area contributed by atoms with Crippen LogP contribution in [0.3, 0.4) is 0 Å². The number of fused-ring (bicyclic) bond motifs is 7. The van der Waals surface area contributed by atoms with E-state index in [-0.39, 0.29) is 11.8 Å². The number of hydrogen-bond donors (Lipinski definition) is 1. The minimum atomic E-state index is -2.92. The van der Waals surface area contributed by atoms with E-state index in [4.69, 9.17) is 9.72 Å². The van der Waals surface area contributed by atoms with Gasteiger partial charge in [0.2, 0.25) is 19.3 Å². The number of benzene rings is 1. The van der Waals surface area contributed by atoms with Crippen molar-refractivity contribution in [2.24, 2.45) is 13.0 Å². The Bertz CT molecular complexity index is 1660. The lowest BCUT2D eigenvalue weighted by atomic mass is 10.1. The van der Waals surface area contributed by atoms with E-state index in [1.54, 1.807) is 23.0 Å². The van der Waals surface area contributed by atoms with Gasteiger partial charge in [0, 0.05) is 43.2 Å². The number of carbonyl (C=O) groups excluding carboxylic acids is 1. The first-order valence-electron chi connectivity index (χ1n) is 14.1. The van der Waals surface area contributed by atoms with Gasteiger partial charge in [-0.15, -0.1) is 0 Å². The van der Waals surface area contributed by atoms with Crippen LogP contribution in [0.15, 0.2) is 36.5 Å².